The normalized spacial score (nSPS) is 11.7. The molecule has 1 aromatic heterocycles. The Bertz CT molecular complexity index is 947. The number of nitrogens with one attached hydrogen (secondary N) is 1. The number of alkyl carbamates (subject to hydrolysis) is 1. The molecule has 10 nitrogen and oxygen atoms in total. The zero-order valence-corrected chi connectivity index (χ0v) is 14.2. The molecule has 4 N–H and O–H groups in total. The molecular formula is C17H17NO9. The molecule has 0 aliphatic heterocycles. The lowest BCUT2D eigenvalue weighted by atomic mass is 10.1. The lowest BCUT2D eigenvalue weighted by molar-refractivity contribution is -0.140. The van der Waals surface area contributed by atoms with Crippen LogP contribution in [0.4, 0.5) is 4.79 Å². The molecule has 0 radical (unpaired) electrons. The van der Waals surface area contributed by atoms with Gasteiger partial charge < -0.3 is 29.8 Å². The van der Waals surface area contributed by atoms with Crippen LogP contribution in [-0.2, 0) is 20.9 Å². The Labute approximate surface area is 152 Å². The van der Waals surface area contributed by atoms with E-state index in [1.165, 1.54) is 6.07 Å². The number of hydrogen-bond acceptors (Lipinski definition) is 7. The summed E-state index contributed by atoms with van der Waals surface area (Å²) in [4.78, 5) is 45.1. The molecule has 0 fully saturated rings. The number of phenols is 1. The predicted molar refractivity (Wildman–Crippen MR) is 90.5 cm³/mol. The molecule has 10 heteroatoms. The highest BCUT2D eigenvalue weighted by Gasteiger charge is 2.22. The van der Waals surface area contributed by atoms with Gasteiger partial charge in [0.25, 0.3) is 0 Å². The van der Waals surface area contributed by atoms with Gasteiger partial charge in [0.1, 0.15) is 24.0 Å². The van der Waals surface area contributed by atoms with Gasteiger partial charge in [0, 0.05) is 29.5 Å². The van der Waals surface area contributed by atoms with Crippen molar-refractivity contribution in [3.05, 3.63) is 39.7 Å². The quantitative estimate of drug-likeness (QED) is 0.520. The largest absolute Gasteiger partial charge is 0.508 e. The Morgan fingerprint density at radius 1 is 1.22 bits per heavy atom. The van der Waals surface area contributed by atoms with Crippen molar-refractivity contribution < 1.29 is 38.9 Å². The summed E-state index contributed by atoms with van der Waals surface area (Å²) < 4.78 is 9.94. The molecule has 0 saturated carbocycles. The number of carbonyl (C=O) groups is 3. The molecule has 0 saturated heterocycles. The van der Waals surface area contributed by atoms with Gasteiger partial charge in [-0.05, 0) is 25.0 Å². The van der Waals surface area contributed by atoms with Crippen LogP contribution in [0.25, 0.3) is 11.0 Å². The van der Waals surface area contributed by atoms with Crippen molar-refractivity contribution in [1.82, 2.24) is 5.32 Å². The fraction of sp³-hybridized carbons (Fsp3) is 0.294. The first kappa shape index (κ1) is 19.8. The molecule has 1 amide bonds. The summed E-state index contributed by atoms with van der Waals surface area (Å²) in [5.74, 6) is -2.66. The number of phenolic OH excluding ortho intramolecular Hbond substituents is 1. The first-order valence-corrected chi connectivity index (χ1v) is 7.81. The third-order valence-electron chi connectivity index (χ3n) is 3.74. The highest BCUT2D eigenvalue weighted by Crippen LogP contribution is 2.26. The molecular weight excluding hydrogens is 362 g/mol. The average Bonchev–Trinajstić information content (AvgIpc) is 2.57. The molecule has 0 aliphatic carbocycles. The van der Waals surface area contributed by atoms with E-state index in [9.17, 15) is 24.3 Å². The van der Waals surface area contributed by atoms with Crippen LogP contribution < -0.4 is 10.9 Å². The predicted octanol–water partition coefficient (Wildman–Crippen LogP) is 1.35. The Balaban J connectivity index is 2.12. The third kappa shape index (κ3) is 5.21. The number of benzene rings is 1. The maximum atomic E-state index is 11.8. The summed E-state index contributed by atoms with van der Waals surface area (Å²) in [5.41, 5.74) is 0.211. The first-order valence-electron chi connectivity index (χ1n) is 7.81. The summed E-state index contributed by atoms with van der Waals surface area (Å²) in [6, 6.07) is 2.51. The van der Waals surface area contributed by atoms with Crippen molar-refractivity contribution in [2.24, 2.45) is 0 Å². The van der Waals surface area contributed by atoms with E-state index < -0.39 is 36.1 Å². The van der Waals surface area contributed by atoms with Gasteiger partial charge in [0.05, 0.1) is 0 Å². The van der Waals surface area contributed by atoms with E-state index in [0.29, 0.717) is 16.5 Å². The van der Waals surface area contributed by atoms with Crippen molar-refractivity contribution in [3.8, 4) is 5.75 Å². The molecule has 144 valence electrons. The number of fused-ring (bicyclic) bond motifs is 1. The molecule has 27 heavy (non-hydrogen) atoms. The van der Waals surface area contributed by atoms with Crippen molar-refractivity contribution in [3.63, 3.8) is 0 Å². The number of aliphatic carboxylic acids is 2. The number of ether oxygens (including phenoxy) is 1. The van der Waals surface area contributed by atoms with E-state index in [4.69, 9.17) is 19.4 Å². The summed E-state index contributed by atoms with van der Waals surface area (Å²) in [5, 5.41) is 29.8. The topological polar surface area (TPSA) is 163 Å². The van der Waals surface area contributed by atoms with Gasteiger partial charge in [-0.15, -0.1) is 0 Å². The standard InChI is InChI=1S/C17H17NO9/c1-8-4-10-9(5-15(22)27-13(10)6-12(8)19)7-26-17(25)18-11(16(23)24)2-3-14(20)21/h4-6,11,19H,2-3,7H2,1H3,(H,18,25)(H,20,21)(H,23,24)/t11-/m0/s1. The van der Waals surface area contributed by atoms with Crippen LogP contribution in [0.15, 0.2) is 27.4 Å². The lowest BCUT2D eigenvalue weighted by Gasteiger charge is -2.14. The van der Waals surface area contributed by atoms with Crippen molar-refractivity contribution >= 4 is 29.0 Å². The Morgan fingerprint density at radius 2 is 1.93 bits per heavy atom. The molecule has 0 unspecified atom stereocenters. The number of carbonyl (C=O) groups excluding carboxylic acids is 1. The molecule has 0 aliphatic rings. The maximum absolute atomic E-state index is 11.8. The minimum Gasteiger partial charge on any atom is -0.508 e. The Morgan fingerprint density at radius 3 is 2.56 bits per heavy atom. The maximum Gasteiger partial charge on any atom is 0.408 e. The van der Waals surface area contributed by atoms with E-state index in [-0.39, 0.29) is 24.4 Å². The number of aryl methyl sites for hydroxylation is 1. The van der Waals surface area contributed by atoms with E-state index in [0.717, 1.165) is 6.07 Å². The van der Waals surface area contributed by atoms with Crippen LogP contribution in [0.3, 0.4) is 0 Å². The first-order chi connectivity index (χ1) is 12.7. The molecule has 2 aromatic rings. The van der Waals surface area contributed by atoms with Crippen LogP contribution in [0, 0.1) is 6.92 Å². The fourth-order valence-electron chi connectivity index (χ4n) is 2.34. The molecule has 2 rings (SSSR count). The lowest BCUT2D eigenvalue weighted by Crippen LogP contribution is -2.41. The second-order valence-corrected chi connectivity index (χ2v) is 5.77. The second kappa shape index (κ2) is 8.21. The number of carboxylic acid groups (broad SMARTS) is 2. The summed E-state index contributed by atoms with van der Waals surface area (Å²) in [6.07, 6.45) is -1.83. The van der Waals surface area contributed by atoms with E-state index in [1.54, 1.807) is 13.0 Å². The smallest absolute Gasteiger partial charge is 0.408 e. The summed E-state index contributed by atoms with van der Waals surface area (Å²) >= 11 is 0. The van der Waals surface area contributed by atoms with Gasteiger partial charge in [-0.25, -0.2) is 14.4 Å². The van der Waals surface area contributed by atoms with E-state index in [2.05, 4.69) is 5.32 Å². The van der Waals surface area contributed by atoms with Crippen LogP contribution in [0.5, 0.6) is 5.75 Å². The molecule has 1 atom stereocenters. The van der Waals surface area contributed by atoms with E-state index in [1.807, 2.05) is 0 Å². The molecule has 1 heterocycles. The van der Waals surface area contributed by atoms with Crippen molar-refractivity contribution in [2.75, 3.05) is 0 Å². The third-order valence-corrected chi connectivity index (χ3v) is 3.74. The minimum atomic E-state index is -1.43. The van der Waals surface area contributed by atoms with E-state index >= 15 is 0 Å². The van der Waals surface area contributed by atoms with Gasteiger partial charge in [0.2, 0.25) is 0 Å². The van der Waals surface area contributed by atoms with Crippen molar-refractivity contribution in [2.45, 2.75) is 32.4 Å². The second-order valence-electron chi connectivity index (χ2n) is 5.77. The summed E-state index contributed by atoms with van der Waals surface area (Å²) in [6.45, 7) is 1.28. The molecule has 0 spiro atoms. The number of hydrogen-bond donors (Lipinski definition) is 4. The number of rotatable bonds is 7. The highest BCUT2D eigenvalue weighted by molar-refractivity contribution is 5.83. The SMILES string of the molecule is Cc1cc2c(COC(=O)N[C@@H](CCC(=O)O)C(=O)O)cc(=O)oc2cc1O. The molecule has 0 bridgehead atoms. The molecule has 1 aromatic carbocycles. The van der Waals surface area contributed by atoms with Crippen LogP contribution in [0.2, 0.25) is 0 Å². The number of carboxylic acids is 2. The zero-order chi connectivity index (χ0) is 20.1. The zero-order valence-electron chi connectivity index (χ0n) is 14.2. The van der Waals surface area contributed by atoms with Crippen LogP contribution in [-0.4, -0.2) is 39.4 Å². The summed E-state index contributed by atoms with van der Waals surface area (Å²) in [7, 11) is 0. The Hall–Kier alpha value is -3.56. The minimum absolute atomic E-state index is 0.0656. The van der Waals surface area contributed by atoms with Gasteiger partial charge in [-0.1, -0.05) is 0 Å². The van der Waals surface area contributed by atoms with Gasteiger partial charge in [-0.3, -0.25) is 4.79 Å². The highest BCUT2D eigenvalue weighted by atomic mass is 16.5. The number of amides is 1. The average molecular weight is 379 g/mol. The van der Waals surface area contributed by atoms with Crippen molar-refractivity contribution in [1.29, 1.82) is 0 Å². The number of aromatic hydroxyl groups is 1. The van der Waals surface area contributed by atoms with Crippen LogP contribution >= 0.6 is 0 Å². The van der Waals surface area contributed by atoms with Gasteiger partial charge in [0.15, 0.2) is 0 Å². The van der Waals surface area contributed by atoms with Gasteiger partial charge in [-0.2, -0.15) is 0 Å². The Kier molecular flexibility index (Phi) is 6.01. The van der Waals surface area contributed by atoms with Crippen LogP contribution in [0.1, 0.15) is 24.0 Å². The van der Waals surface area contributed by atoms with Gasteiger partial charge >= 0.3 is 23.7 Å². The monoisotopic (exact) mass is 379 g/mol. The fourth-order valence-corrected chi connectivity index (χ4v) is 2.34.